The number of carbonyl (C=O) groups is 1. The lowest BCUT2D eigenvalue weighted by atomic mass is 10.1. The Morgan fingerprint density at radius 1 is 1.00 bits per heavy atom. The molecule has 0 N–H and O–H groups in total. The molecule has 4 rings (SSSR count). The molecule has 1 aliphatic rings. The average Bonchev–Trinajstić information content (AvgIpc) is 3.18. The minimum Gasteiger partial charge on any atom is -0.453 e. The molecule has 3 aromatic rings. The molecule has 0 saturated carbocycles. The number of sulfonamides is 1. The molecule has 1 aliphatic heterocycles. The Hall–Kier alpha value is -3.04. The van der Waals surface area contributed by atoms with Gasteiger partial charge in [-0.15, -0.1) is 10.2 Å². The van der Waals surface area contributed by atoms with E-state index >= 15 is 0 Å². The molecule has 1 saturated heterocycles. The van der Waals surface area contributed by atoms with Crippen LogP contribution in [-0.4, -0.2) is 42.0 Å². The summed E-state index contributed by atoms with van der Waals surface area (Å²) in [6.07, 6.45) is 3.86. The molecule has 1 unspecified atom stereocenters. The van der Waals surface area contributed by atoms with E-state index in [0.717, 1.165) is 42.4 Å². The maximum atomic E-state index is 12.9. The topological polar surface area (TPSA) is 103 Å². The van der Waals surface area contributed by atoms with Crippen molar-refractivity contribution in [1.82, 2.24) is 14.5 Å². The van der Waals surface area contributed by atoms with Gasteiger partial charge in [0.25, 0.3) is 5.89 Å². The van der Waals surface area contributed by atoms with Gasteiger partial charge in [0.1, 0.15) is 0 Å². The van der Waals surface area contributed by atoms with Crippen molar-refractivity contribution in [3.05, 3.63) is 65.5 Å². The number of nitrogens with zero attached hydrogens (tertiary/aromatic N) is 3. The summed E-state index contributed by atoms with van der Waals surface area (Å²) in [6, 6.07) is 14.5. The molecular weight excluding hydrogens is 466 g/mol. The van der Waals surface area contributed by atoms with Crippen molar-refractivity contribution in [3.63, 3.8) is 0 Å². The van der Waals surface area contributed by atoms with Gasteiger partial charge in [0, 0.05) is 25.1 Å². The van der Waals surface area contributed by atoms with E-state index in [2.05, 4.69) is 10.2 Å². The van der Waals surface area contributed by atoms with Crippen LogP contribution in [0.15, 0.2) is 57.8 Å². The molecule has 1 aromatic heterocycles. The lowest BCUT2D eigenvalue weighted by Gasteiger charge is -2.20. The summed E-state index contributed by atoms with van der Waals surface area (Å²) in [5.41, 5.74) is 2.79. The lowest BCUT2D eigenvalue weighted by Crippen LogP contribution is -2.31. The summed E-state index contributed by atoms with van der Waals surface area (Å²) in [5, 5.41) is 8.05. The summed E-state index contributed by atoms with van der Waals surface area (Å²) >= 11 is 0. The second kappa shape index (κ2) is 11.1. The van der Waals surface area contributed by atoms with Gasteiger partial charge in [-0.1, -0.05) is 42.7 Å². The van der Waals surface area contributed by atoms with Crippen LogP contribution in [0.1, 0.15) is 62.1 Å². The molecular formula is C26H31N3O5S. The van der Waals surface area contributed by atoms with Crippen LogP contribution in [0, 0.1) is 6.92 Å². The van der Waals surface area contributed by atoms with E-state index in [1.807, 2.05) is 31.2 Å². The first-order chi connectivity index (χ1) is 16.8. The Balaban J connectivity index is 1.29. The SMILES string of the molecule is Cc1ccc(-c2nnc(C(C)OC(=O)CCc3ccc(S(=O)(=O)N4CCCCCC4)cc3)o2)cc1. The first-order valence-electron chi connectivity index (χ1n) is 12.0. The highest BCUT2D eigenvalue weighted by Gasteiger charge is 2.25. The zero-order chi connectivity index (χ0) is 24.8. The van der Waals surface area contributed by atoms with Gasteiger partial charge in [-0.2, -0.15) is 4.31 Å². The minimum absolute atomic E-state index is 0.154. The number of rotatable bonds is 8. The maximum absolute atomic E-state index is 12.9. The Kier molecular flexibility index (Phi) is 7.97. The summed E-state index contributed by atoms with van der Waals surface area (Å²) in [5.74, 6) is 0.212. The predicted octanol–water partition coefficient (Wildman–Crippen LogP) is 4.85. The quantitative estimate of drug-likeness (QED) is 0.410. The normalized spacial score (nSPS) is 15.9. The van der Waals surface area contributed by atoms with Crippen molar-refractivity contribution >= 4 is 16.0 Å². The van der Waals surface area contributed by atoms with E-state index in [1.165, 1.54) is 0 Å². The zero-order valence-corrected chi connectivity index (χ0v) is 21.0. The summed E-state index contributed by atoms with van der Waals surface area (Å²) in [7, 11) is -3.48. The largest absolute Gasteiger partial charge is 0.453 e. The monoisotopic (exact) mass is 497 g/mol. The van der Waals surface area contributed by atoms with E-state index in [1.54, 1.807) is 35.5 Å². The van der Waals surface area contributed by atoms with Crippen molar-refractivity contribution in [2.75, 3.05) is 13.1 Å². The van der Waals surface area contributed by atoms with Gasteiger partial charge in [0.2, 0.25) is 15.9 Å². The third-order valence-electron chi connectivity index (χ3n) is 6.14. The van der Waals surface area contributed by atoms with Crippen LogP contribution < -0.4 is 0 Å². The number of esters is 1. The molecule has 35 heavy (non-hydrogen) atoms. The average molecular weight is 498 g/mol. The Labute approximate surface area is 206 Å². The lowest BCUT2D eigenvalue weighted by molar-refractivity contribution is -0.149. The molecule has 8 nitrogen and oxygen atoms in total. The van der Waals surface area contributed by atoms with Gasteiger partial charge >= 0.3 is 5.97 Å². The van der Waals surface area contributed by atoms with Crippen molar-refractivity contribution in [2.45, 2.75) is 63.4 Å². The van der Waals surface area contributed by atoms with Gasteiger partial charge in [-0.3, -0.25) is 4.79 Å². The van der Waals surface area contributed by atoms with Crippen LogP contribution in [0.3, 0.4) is 0 Å². The number of aromatic nitrogens is 2. The number of hydrogen-bond acceptors (Lipinski definition) is 7. The standard InChI is InChI=1S/C26H31N3O5S/c1-19-7-12-22(13-8-19)26-28-27-25(34-26)20(2)33-24(30)16-11-21-9-14-23(15-10-21)35(31,32)29-17-5-3-4-6-18-29/h7-10,12-15,20H,3-6,11,16-18H2,1-2H3. The molecule has 1 atom stereocenters. The number of aryl methyl sites for hydroxylation is 2. The number of ether oxygens (including phenoxy) is 1. The molecule has 0 radical (unpaired) electrons. The first kappa shape index (κ1) is 25.1. The molecule has 2 aromatic carbocycles. The fourth-order valence-electron chi connectivity index (χ4n) is 4.02. The molecule has 0 bridgehead atoms. The Morgan fingerprint density at radius 2 is 1.66 bits per heavy atom. The van der Waals surface area contributed by atoms with Gasteiger partial charge in [0.05, 0.1) is 4.90 Å². The Bertz CT molecular complexity index is 1230. The molecule has 0 amide bonds. The predicted molar refractivity (Wildman–Crippen MR) is 131 cm³/mol. The fraction of sp³-hybridized carbons (Fsp3) is 0.423. The second-order valence-electron chi connectivity index (χ2n) is 8.91. The van der Waals surface area contributed by atoms with Crippen LogP contribution in [0.5, 0.6) is 0 Å². The van der Waals surface area contributed by atoms with Crippen molar-refractivity contribution in [2.24, 2.45) is 0 Å². The first-order valence-corrected chi connectivity index (χ1v) is 13.5. The van der Waals surface area contributed by atoms with Crippen molar-refractivity contribution in [3.8, 4) is 11.5 Å². The number of carbonyl (C=O) groups excluding carboxylic acids is 1. The molecule has 186 valence electrons. The number of benzene rings is 2. The van der Waals surface area contributed by atoms with Crippen LogP contribution in [0.2, 0.25) is 0 Å². The highest BCUT2D eigenvalue weighted by molar-refractivity contribution is 7.89. The van der Waals surface area contributed by atoms with Gasteiger partial charge < -0.3 is 9.15 Å². The smallest absolute Gasteiger partial charge is 0.306 e. The zero-order valence-electron chi connectivity index (χ0n) is 20.1. The summed E-state index contributed by atoms with van der Waals surface area (Å²) in [4.78, 5) is 12.7. The van der Waals surface area contributed by atoms with Crippen LogP contribution >= 0.6 is 0 Å². The third-order valence-corrected chi connectivity index (χ3v) is 8.05. The van der Waals surface area contributed by atoms with E-state index in [-0.39, 0.29) is 12.3 Å². The van der Waals surface area contributed by atoms with Crippen LogP contribution in [0.25, 0.3) is 11.5 Å². The fourth-order valence-corrected chi connectivity index (χ4v) is 5.54. The summed E-state index contributed by atoms with van der Waals surface area (Å²) < 4.78 is 38.5. The summed E-state index contributed by atoms with van der Waals surface area (Å²) in [6.45, 7) is 4.83. The minimum atomic E-state index is -3.48. The van der Waals surface area contributed by atoms with Gasteiger partial charge in [-0.25, -0.2) is 8.42 Å². The second-order valence-corrected chi connectivity index (χ2v) is 10.8. The van der Waals surface area contributed by atoms with Crippen molar-refractivity contribution in [1.29, 1.82) is 0 Å². The highest BCUT2D eigenvalue weighted by atomic mass is 32.2. The number of hydrogen-bond donors (Lipinski definition) is 0. The molecule has 1 fully saturated rings. The molecule has 0 aliphatic carbocycles. The van der Waals surface area contributed by atoms with E-state index in [0.29, 0.717) is 30.3 Å². The molecule has 9 heteroatoms. The van der Waals surface area contributed by atoms with E-state index in [4.69, 9.17) is 9.15 Å². The Morgan fingerprint density at radius 3 is 2.31 bits per heavy atom. The van der Waals surface area contributed by atoms with Crippen LogP contribution in [-0.2, 0) is 26.0 Å². The maximum Gasteiger partial charge on any atom is 0.306 e. The molecule has 0 spiro atoms. The van der Waals surface area contributed by atoms with E-state index < -0.39 is 22.1 Å². The molecule has 2 heterocycles. The van der Waals surface area contributed by atoms with Gasteiger partial charge in [-0.05, 0) is 62.9 Å². The third kappa shape index (κ3) is 6.35. The van der Waals surface area contributed by atoms with Crippen LogP contribution in [0.4, 0.5) is 0 Å². The highest BCUT2D eigenvalue weighted by Crippen LogP contribution is 2.24. The van der Waals surface area contributed by atoms with Crippen molar-refractivity contribution < 1.29 is 22.4 Å². The van der Waals surface area contributed by atoms with Gasteiger partial charge in [0.15, 0.2) is 6.10 Å². The van der Waals surface area contributed by atoms with E-state index in [9.17, 15) is 13.2 Å².